The van der Waals surface area contributed by atoms with Gasteiger partial charge in [-0.2, -0.15) is 10.1 Å². The van der Waals surface area contributed by atoms with E-state index in [-0.39, 0.29) is 42.6 Å². The highest BCUT2D eigenvalue weighted by Crippen LogP contribution is 2.20. The fourth-order valence-corrected chi connectivity index (χ4v) is 3.01. The Hall–Kier alpha value is -3.61. The Morgan fingerprint density at radius 3 is 2.52 bits per heavy atom. The Labute approximate surface area is 184 Å². The number of aryl methyl sites for hydroxylation is 1. The average molecular weight is 492 g/mol. The van der Waals surface area contributed by atoms with Crippen molar-refractivity contribution in [2.24, 2.45) is 0 Å². The maximum Gasteiger partial charge on any atom is 0.316 e. The van der Waals surface area contributed by atoms with Crippen LogP contribution in [0.2, 0.25) is 0 Å². The number of amides is 2. The topological polar surface area (TPSA) is 158 Å². The zero-order chi connectivity index (χ0) is 22.5. The highest BCUT2D eigenvalue weighted by atomic mass is 79.9. The third-order valence-corrected chi connectivity index (χ3v) is 5.44. The second-order valence-corrected chi connectivity index (χ2v) is 7.24. The maximum absolute atomic E-state index is 12.2. The Morgan fingerprint density at radius 2 is 1.87 bits per heavy atom. The lowest BCUT2D eigenvalue weighted by atomic mass is 10.1. The molecule has 3 rings (SSSR count). The number of rotatable bonds is 8. The van der Waals surface area contributed by atoms with Crippen LogP contribution in [0.1, 0.15) is 38.3 Å². The summed E-state index contributed by atoms with van der Waals surface area (Å²) in [4.78, 5) is 38.7. The second-order valence-electron chi connectivity index (χ2n) is 6.44. The molecule has 0 aliphatic carbocycles. The summed E-state index contributed by atoms with van der Waals surface area (Å²) in [6.07, 6.45) is 0. The van der Waals surface area contributed by atoms with Crippen molar-refractivity contribution >= 4 is 33.4 Å². The molecule has 0 unspecified atom stereocenters. The van der Waals surface area contributed by atoms with E-state index in [0.29, 0.717) is 0 Å². The molecule has 0 saturated heterocycles. The minimum absolute atomic E-state index is 0.0530. The SMILES string of the molecule is Cc1nn(Cc2noc(C(=O)NCCNC(=O)c3ccccc3[N+](=O)[O-])n2)c(C)c1Br. The van der Waals surface area contributed by atoms with Crippen molar-refractivity contribution in [3.63, 3.8) is 0 Å². The number of aromatic nitrogens is 4. The monoisotopic (exact) mass is 491 g/mol. The quantitative estimate of drug-likeness (QED) is 0.274. The first-order valence-electron chi connectivity index (χ1n) is 9.09. The summed E-state index contributed by atoms with van der Waals surface area (Å²) < 4.78 is 7.55. The lowest BCUT2D eigenvalue weighted by Crippen LogP contribution is -2.35. The van der Waals surface area contributed by atoms with E-state index < -0.39 is 16.7 Å². The zero-order valence-corrected chi connectivity index (χ0v) is 18.2. The number of carbonyl (C=O) groups is 2. The molecule has 0 radical (unpaired) electrons. The van der Waals surface area contributed by atoms with E-state index >= 15 is 0 Å². The molecule has 31 heavy (non-hydrogen) atoms. The van der Waals surface area contributed by atoms with Gasteiger partial charge in [0.15, 0.2) is 5.82 Å². The molecule has 0 atom stereocenters. The molecule has 2 heterocycles. The molecule has 0 saturated carbocycles. The number of nitrogens with one attached hydrogen (secondary N) is 2. The highest BCUT2D eigenvalue weighted by Gasteiger charge is 2.19. The number of halogens is 1. The summed E-state index contributed by atoms with van der Waals surface area (Å²) in [5.41, 5.74) is 1.36. The normalized spacial score (nSPS) is 10.7. The number of nitro groups is 1. The van der Waals surface area contributed by atoms with E-state index in [0.717, 1.165) is 15.9 Å². The van der Waals surface area contributed by atoms with E-state index in [4.69, 9.17) is 4.52 Å². The molecule has 2 N–H and O–H groups in total. The van der Waals surface area contributed by atoms with E-state index in [2.05, 4.69) is 41.8 Å². The lowest BCUT2D eigenvalue weighted by Gasteiger charge is -2.06. The minimum atomic E-state index is -0.630. The molecule has 2 amide bonds. The van der Waals surface area contributed by atoms with Crippen molar-refractivity contribution < 1.29 is 19.0 Å². The summed E-state index contributed by atoms with van der Waals surface area (Å²) in [5.74, 6) is -1.15. The van der Waals surface area contributed by atoms with Crippen molar-refractivity contribution in [2.75, 3.05) is 13.1 Å². The van der Waals surface area contributed by atoms with Gasteiger partial charge in [-0.3, -0.25) is 24.4 Å². The number of carbonyl (C=O) groups excluding carboxylic acids is 2. The van der Waals surface area contributed by atoms with Crippen molar-refractivity contribution in [3.8, 4) is 0 Å². The largest absolute Gasteiger partial charge is 0.350 e. The third-order valence-electron chi connectivity index (χ3n) is 4.29. The number of para-hydroxylation sites is 1. The molecule has 162 valence electrons. The number of nitrogens with zero attached hydrogens (tertiary/aromatic N) is 5. The molecule has 13 heteroatoms. The number of benzene rings is 1. The van der Waals surface area contributed by atoms with E-state index in [1.54, 1.807) is 4.68 Å². The van der Waals surface area contributed by atoms with Crippen molar-refractivity contribution in [3.05, 3.63) is 67.5 Å². The second kappa shape index (κ2) is 9.47. The molecule has 0 aliphatic heterocycles. The zero-order valence-electron chi connectivity index (χ0n) is 16.6. The average Bonchev–Trinajstić information content (AvgIpc) is 3.31. The van der Waals surface area contributed by atoms with Crippen LogP contribution in [0, 0.1) is 24.0 Å². The van der Waals surface area contributed by atoms with E-state index in [1.165, 1.54) is 24.3 Å². The molecule has 1 aromatic carbocycles. The third kappa shape index (κ3) is 5.12. The van der Waals surface area contributed by atoms with Crippen LogP contribution in [-0.4, -0.2) is 49.7 Å². The highest BCUT2D eigenvalue weighted by molar-refractivity contribution is 9.10. The van der Waals surface area contributed by atoms with Gasteiger partial charge in [-0.05, 0) is 35.8 Å². The van der Waals surface area contributed by atoms with Gasteiger partial charge in [0.1, 0.15) is 12.1 Å². The van der Waals surface area contributed by atoms with Gasteiger partial charge >= 0.3 is 11.8 Å². The molecule has 12 nitrogen and oxygen atoms in total. The van der Waals surface area contributed by atoms with Crippen LogP contribution in [0.5, 0.6) is 0 Å². The fourth-order valence-electron chi connectivity index (χ4n) is 2.72. The Morgan fingerprint density at radius 1 is 1.19 bits per heavy atom. The summed E-state index contributed by atoms with van der Waals surface area (Å²) in [6, 6.07) is 5.60. The van der Waals surface area contributed by atoms with Crippen LogP contribution in [0.4, 0.5) is 5.69 Å². The van der Waals surface area contributed by atoms with Gasteiger partial charge in [-0.15, -0.1) is 0 Å². The lowest BCUT2D eigenvalue weighted by molar-refractivity contribution is -0.385. The summed E-state index contributed by atoms with van der Waals surface area (Å²) in [5, 5.41) is 24.2. The summed E-state index contributed by atoms with van der Waals surface area (Å²) in [6.45, 7) is 4.10. The number of hydrogen-bond donors (Lipinski definition) is 2. The van der Waals surface area contributed by atoms with Crippen molar-refractivity contribution in [2.45, 2.75) is 20.4 Å². The molecule has 0 bridgehead atoms. The van der Waals surface area contributed by atoms with E-state index in [9.17, 15) is 19.7 Å². The van der Waals surface area contributed by atoms with Gasteiger partial charge in [0.2, 0.25) is 0 Å². The van der Waals surface area contributed by atoms with Gasteiger partial charge in [0, 0.05) is 19.2 Å². The Bertz CT molecular complexity index is 1140. The first kappa shape index (κ1) is 22.1. The smallest absolute Gasteiger partial charge is 0.316 e. The minimum Gasteiger partial charge on any atom is -0.350 e. The van der Waals surface area contributed by atoms with Gasteiger partial charge in [-0.25, -0.2) is 0 Å². The Balaban J connectivity index is 1.50. The number of nitro benzene ring substituents is 1. The van der Waals surface area contributed by atoms with Crippen LogP contribution < -0.4 is 10.6 Å². The van der Waals surface area contributed by atoms with Crippen LogP contribution in [0.15, 0.2) is 33.3 Å². The first-order chi connectivity index (χ1) is 14.8. The van der Waals surface area contributed by atoms with Crippen LogP contribution in [0.3, 0.4) is 0 Å². The van der Waals surface area contributed by atoms with Gasteiger partial charge in [0.05, 0.1) is 20.8 Å². The van der Waals surface area contributed by atoms with Crippen LogP contribution in [-0.2, 0) is 6.54 Å². The molecule has 3 aromatic rings. The predicted octanol–water partition coefficient (Wildman–Crippen LogP) is 1.76. The first-order valence-corrected chi connectivity index (χ1v) is 9.89. The predicted molar refractivity (Wildman–Crippen MR) is 111 cm³/mol. The molecule has 0 aliphatic rings. The fraction of sp³-hybridized carbons (Fsp3) is 0.278. The summed E-state index contributed by atoms with van der Waals surface area (Å²) >= 11 is 3.44. The molecular weight excluding hydrogens is 474 g/mol. The summed E-state index contributed by atoms with van der Waals surface area (Å²) in [7, 11) is 0. The molecule has 2 aromatic heterocycles. The molecule has 0 spiro atoms. The Kier molecular flexibility index (Phi) is 6.74. The van der Waals surface area contributed by atoms with Crippen LogP contribution in [0.25, 0.3) is 0 Å². The maximum atomic E-state index is 12.2. The number of hydrogen-bond acceptors (Lipinski definition) is 8. The van der Waals surface area contributed by atoms with Crippen molar-refractivity contribution in [1.82, 2.24) is 30.6 Å². The van der Waals surface area contributed by atoms with Gasteiger partial charge in [-0.1, -0.05) is 17.3 Å². The van der Waals surface area contributed by atoms with Crippen LogP contribution >= 0.6 is 15.9 Å². The standard InChI is InChI=1S/C18H18BrN7O5/c1-10-15(19)11(2)25(23-10)9-14-22-18(31-24-14)17(28)21-8-7-20-16(27)12-5-3-4-6-13(12)26(29)30/h3-6H,7-9H2,1-2H3,(H,20,27)(H,21,28). The van der Waals surface area contributed by atoms with Gasteiger partial charge in [0.25, 0.3) is 11.6 Å². The molecule has 0 fully saturated rings. The van der Waals surface area contributed by atoms with Crippen molar-refractivity contribution in [1.29, 1.82) is 0 Å². The molecular formula is C18H18BrN7O5. The van der Waals surface area contributed by atoms with E-state index in [1.807, 2.05) is 13.8 Å². The van der Waals surface area contributed by atoms with Gasteiger partial charge < -0.3 is 15.2 Å².